The standard InChI is InChI=1S/C13H13NO3/c1-3-14-8-7-9-5-4-6-10(11(9)14)12(15)13(16)17-2/h4-8H,3H2,1-2H3. The van der Waals surface area contributed by atoms with Gasteiger partial charge in [-0.25, -0.2) is 4.79 Å². The SMILES string of the molecule is CCn1ccc2cccc(C(=O)C(=O)OC)c21. The van der Waals surface area contributed by atoms with E-state index in [-0.39, 0.29) is 0 Å². The molecule has 0 aliphatic heterocycles. The molecular weight excluding hydrogens is 218 g/mol. The van der Waals surface area contributed by atoms with Crippen molar-refractivity contribution in [3.05, 3.63) is 36.0 Å². The number of rotatable bonds is 3. The van der Waals surface area contributed by atoms with Crippen LogP contribution in [0.2, 0.25) is 0 Å². The van der Waals surface area contributed by atoms with Crippen molar-refractivity contribution >= 4 is 22.7 Å². The lowest BCUT2D eigenvalue weighted by molar-refractivity contribution is -0.135. The summed E-state index contributed by atoms with van der Waals surface area (Å²) in [5.74, 6) is -1.44. The largest absolute Gasteiger partial charge is 0.463 e. The molecule has 0 spiro atoms. The van der Waals surface area contributed by atoms with Crippen molar-refractivity contribution in [1.29, 1.82) is 0 Å². The van der Waals surface area contributed by atoms with E-state index in [1.54, 1.807) is 12.1 Å². The summed E-state index contributed by atoms with van der Waals surface area (Å²) in [6.07, 6.45) is 1.90. The molecule has 2 aromatic rings. The van der Waals surface area contributed by atoms with Crippen LogP contribution < -0.4 is 0 Å². The predicted molar refractivity (Wildman–Crippen MR) is 64.0 cm³/mol. The number of hydrogen-bond donors (Lipinski definition) is 0. The summed E-state index contributed by atoms with van der Waals surface area (Å²) in [6, 6.07) is 7.24. The van der Waals surface area contributed by atoms with Gasteiger partial charge in [0, 0.05) is 18.1 Å². The molecule has 0 saturated carbocycles. The molecular formula is C13H13NO3. The summed E-state index contributed by atoms with van der Waals surface area (Å²) >= 11 is 0. The number of carbonyl (C=O) groups is 2. The Morgan fingerprint density at radius 3 is 2.71 bits per heavy atom. The van der Waals surface area contributed by atoms with Gasteiger partial charge >= 0.3 is 5.97 Å². The molecule has 0 unspecified atom stereocenters. The second kappa shape index (κ2) is 4.41. The Labute approximate surface area is 98.8 Å². The number of benzene rings is 1. The van der Waals surface area contributed by atoms with Crippen LogP contribution in [-0.2, 0) is 16.1 Å². The lowest BCUT2D eigenvalue weighted by Crippen LogP contribution is -2.16. The molecule has 0 saturated heterocycles. The zero-order valence-electron chi connectivity index (χ0n) is 9.77. The maximum Gasteiger partial charge on any atom is 0.379 e. The van der Waals surface area contributed by atoms with Crippen LogP contribution in [-0.4, -0.2) is 23.4 Å². The third-order valence-corrected chi connectivity index (χ3v) is 2.74. The summed E-state index contributed by atoms with van der Waals surface area (Å²) in [4.78, 5) is 23.2. The van der Waals surface area contributed by atoms with Crippen LogP contribution in [0.4, 0.5) is 0 Å². The summed E-state index contributed by atoms with van der Waals surface area (Å²) in [5.41, 5.74) is 1.17. The molecule has 1 aromatic heterocycles. The van der Waals surface area contributed by atoms with Crippen molar-refractivity contribution in [2.75, 3.05) is 7.11 Å². The highest BCUT2D eigenvalue weighted by Gasteiger charge is 2.20. The van der Waals surface area contributed by atoms with Crippen molar-refractivity contribution in [3.8, 4) is 0 Å². The number of nitrogens with zero attached hydrogens (tertiary/aromatic N) is 1. The molecule has 0 bridgehead atoms. The average Bonchev–Trinajstić information content (AvgIpc) is 2.79. The molecule has 1 aromatic carbocycles. The van der Waals surface area contributed by atoms with E-state index >= 15 is 0 Å². The molecule has 0 radical (unpaired) electrons. The fourth-order valence-electron chi connectivity index (χ4n) is 1.91. The first kappa shape index (κ1) is 11.4. The minimum atomic E-state index is -0.832. The van der Waals surface area contributed by atoms with Gasteiger partial charge in [-0.15, -0.1) is 0 Å². The zero-order chi connectivity index (χ0) is 12.4. The molecule has 0 amide bonds. The first-order chi connectivity index (χ1) is 8.19. The Balaban J connectivity index is 2.64. The van der Waals surface area contributed by atoms with Crippen LogP contribution in [0.5, 0.6) is 0 Å². The molecule has 4 nitrogen and oxygen atoms in total. The maximum atomic E-state index is 11.9. The van der Waals surface area contributed by atoms with E-state index in [0.29, 0.717) is 5.56 Å². The lowest BCUT2D eigenvalue weighted by atomic mass is 10.1. The minimum Gasteiger partial charge on any atom is -0.463 e. The number of para-hydroxylation sites is 1. The smallest absolute Gasteiger partial charge is 0.379 e. The Kier molecular flexibility index (Phi) is 2.95. The number of hydrogen-bond acceptors (Lipinski definition) is 3. The van der Waals surface area contributed by atoms with E-state index in [1.165, 1.54) is 7.11 Å². The second-order valence-electron chi connectivity index (χ2n) is 3.67. The zero-order valence-corrected chi connectivity index (χ0v) is 9.77. The van der Waals surface area contributed by atoms with Gasteiger partial charge in [0.25, 0.3) is 5.78 Å². The van der Waals surface area contributed by atoms with E-state index in [4.69, 9.17) is 0 Å². The normalized spacial score (nSPS) is 10.5. The average molecular weight is 231 g/mol. The number of ketones is 1. The Hall–Kier alpha value is -2.10. The number of Topliss-reactive ketones (excluding diaryl/α,β-unsaturated/α-hetero) is 1. The van der Waals surface area contributed by atoms with Gasteiger partial charge in [-0.2, -0.15) is 0 Å². The monoisotopic (exact) mass is 231 g/mol. The summed E-state index contributed by atoms with van der Waals surface area (Å²) in [5, 5.41) is 0.946. The van der Waals surface area contributed by atoms with Gasteiger partial charge in [0.15, 0.2) is 0 Å². The van der Waals surface area contributed by atoms with Gasteiger partial charge in [-0.1, -0.05) is 12.1 Å². The van der Waals surface area contributed by atoms with Gasteiger partial charge in [0.2, 0.25) is 0 Å². The van der Waals surface area contributed by atoms with Crippen molar-refractivity contribution in [2.24, 2.45) is 0 Å². The fourth-order valence-corrected chi connectivity index (χ4v) is 1.91. The van der Waals surface area contributed by atoms with E-state index in [2.05, 4.69) is 4.74 Å². The summed E-state index contributed by atoms with van der Waals surface area (Å²) in [6.45, 7) is 2.73. The molecule has 0 aliphatic rings. The molecule has 2 rings (SSSR count). The predicted octanol–water partition coefficient (Wildman–Crippen LogP) is 2.02. The fraction of sp³-hybridized carbons (Fsp3) is 0.231. The highest BCUT2D eigenvalue weighted by molar-refractivity contribution is 6.42. The molecule has 1 heterocycles. The molecule has 0 fully saturated rings. The van der Waals surface area contributed by atoms with Gasteiger partial charge in [0.05, 0.1) is 18.2 Å². The number of carbonyl (C=O) groups excluding carboxylic acids is 2. The Morgan fingerprint density at radius 1 is 1.29 bits per heavy atom. The van der Waals surface area contributed by atoms with Gasteiger partial charge in [-0.05, 0) is 19.1 Å². The lowest BCUT2D eigenvalue weighted by Gasteiger charge is -2.06. The quantitative estimate of drug-likeness (QED) is 0.461. The van der Waals surface area contributed by atoms with Crippen LogP contribution in [0, 0.1) is 0 Å². The number of esters is 1. The summed E-state index contributed by atoms with van der Waals surface area (Å²) < 4.78 is 6.40. The number of methoxy groups -OCH3 is 1. The molecule has 0 N–H and O–H groups in total. The van der Waals surface area contributed by atoms with Crippen LogP contribution in [0.25, 0.3) is 10.9 Å². The third kappa shape index (κ3) is 1.82. The molecule has 0 atom stereocenters. The first-order valence-electron chi connectivity index (χ1n) is 5.39. The molecule has 88 valence electrons. The van der Waals surface area contributed by atoms with Crippen molar-refractivity contribution < 1.29 is 14.3 Å². The topological polar surface area (TPSA) is 48.3 Å². The first-order valence-corrected chi connectivity index (χ1v) is 5.39. The maximum absolute atomic E-state index is 11.9. The van der Waals surface area contributed by atoms with E-state index in [0.717, 1.165) is 17.4 Å². The highest BCUT2D eigenvalue weighted by Crippen LogP contribution is 2.21. The van der Waals surface area contributed by atoms with E-state index < -0.39 is 11.8 Å². The van der Waals surface area contributed by atoms with Crippen LogP contribution >= 0.6 is 0 Å². The third-order valence-electron chi connectivity index (χ3n) is 2.74. The van der Waals surface area contributed by atoms with Gasteiger partial charge in [0.1, 0.15) is 0 Å². The Bertz CT molecular complexity index is 583. The number of aromatic nitrogens is 1. The second-order valence-corrected chi connectivity index (χ2v) is 3.67. The number of fused-ring (bicyclic) bond motifs is 1. The van der Waals surface area contributed by atoms with Gasteiger partial charge < -0.3 is 9.30 Å². The van der Waals surface area contributed by atoms with E-state index in [9.17, 15) is 9.59 Å². The molecule has 4 heteroatoms. The number of aryl methyl sites for hydroxylation is 1. The van der Waals surface area contributed by atoms with Crippen molar-refractivity contribution in [2.45, 2.75) is 13.5 Å². The molecule has 0 aliphatic carbocycles. The van der Waals surface area contributed by atoms with Crippen molar-refractivity contribution in [1.82, 2.24) is 4.57 Å². The van der Waals surface area contributed by atoms with Crippen LogP contribution in [0.1, 0.15) is 17.3 Å². The highest BCUT2D eigenvalue weighted by atomic mass is 16.5. The van der Waals surface area contributed by atoms with E-state index in [1.807, 2.05) is 29.8 Å². The van der Waals surface area contributed by atoms with Crippen LogP contribution in [0.3, 0.4) is 0 Å². The summed E-state index contributed by atoms with van der Waals surface area (Å²) in [7, 11) is 1.21. The number of ether oxygens (including phenoxy) is 1. The van der Waals surface area contributed by atoms with Crippen molar-refractivity contribution in [3.63, 3.8) is 0 Å². The van der Waals surface area contributed by atoms with Gasteiger partial charge in [-0.3, -0.25) is 4.79 Å². The molecule has 17 heavy (non-hydrogen) atoms. The Morgan fingerprint density at radius 2 is 2.06 bits per heavy atom. The van der Waals surface area contributed by atoms with Crippen LogP contribution in [0.15, 0.2) is 30.5 Å². The minimum absolute atomic E-state index is 0.390.